The van der Waals surface area contributed by atoms with Gasteiger partial charge in [0.15, 0.2) is 0 Å². The number of hydrogen-bond donors (Lipinski definition) is 1. The molecule has 1 rings (SSSR count). The van der Waals surface area contributed by atoms with Crippen LogP contribution in [-0.2, 0) is 0 Å². The van der Waals surface area contributed by atoms with Gasteiger partial charge in [-0.3, -0.25) is 14.9 Å². The molecule has 1 atom stereocenters. The average Bonchev–Trinajstić information content (AvgIpc) is 2.34. The van der Waals surface area contributed by atoms with Crippen LogP contribution in [0.3, 0.4) is 0 Å². The quantitative estimate of drug-likeness (QED) is 0.806. The van der Waals surface area contributed by atoms with E-state index in [2.05, 4.69) is 54.8 Å². The summed E-state index contributed by atoms with van der Waals surface area (Å²) in [5, 5.41) is 3.49. The predicted molar refractivity (Wildman–Crippen MR) is 75.4 cm³/mol. The second-order valence-corrected chi connectivity index (χ2v) is 5.23. The highest BCUT2D eigenvalue weighted by Gasteiger charge is 2.13. The van der Waals surface area contributed by atoms with Gasteiger partial charge in [0.2, 0.25) is 0 Å². The summed E-state index contributed by atoms with van der Waals surface area (Å²) in [5.41, 5.74) is 0.998. The van der Waals surface area contributed by atoms with Crippen molar-refractivity contribution in [1.29, 1.82) is 0 Å². The molecule has 18 heavy (non-hydrogen) atoms. The molecule has 1 unspecified atom stereocenters. The van der Waals surface area contributed by atoms with Gasteiger partial charge in [-0.05, 0) is 34.6 Å². The normalized spacial score (nSPS) is 13.6. The van der Waals surface area contributed by atoms with Crippen LogP contribution in [0.2, 0.25) is 0 Å². The lowest BCUT2D eigenvalue weighted by atomic mass is 10.2. The minimum Gasteiger partial charge on any atom is -0.308 e. The maximum absolute atomic E-state index is 4.31. The van der Waals surface area contributed by atoms with Gasteiger partial charge in [-0.2, -0.15) is 0 Å². The minimum absolute atomic E-state index is 0.250. The topological polar surface area (TPSA) is 41.0 Å². The maximum Gasteiger partial charge on any atom is 0.0753 e. The lowest BCUT2D eigenvalue weighted by Crippen LogP contribution is -2.41. The molecule has 0 aromatic carbocycles. The molecule has 0 bridgehead atoms. The van der Waals surface area contributed by atoms with Crippen LogP contribution >= 0.6 is 0 Å². The number of hydrogen-bond acceptors (Lipinski definition) is 4. The van der Waals surface area contributed by atoms with Crippen molar-refractivity contribution in [2.24, 2.45) is 0 Å². The van der Waals surface area contributed by atoms with Gasteiger partial charge in [0.25, 0.3) is 0 Å². The van der Waals surface area contributed by atoms with Gasteiger partial charge in [0.1, 0.15) is 0 Å². The summed E-state index contributed by atoms with van der Waals surface area (Å²) >= 11 is 0. The Morgan fingerprint density at radius 1 is 1.11 bits per heavy atom. The van der Waals surface area contributed by atoms with Crippen LogP contribution in [0, 0.1) is 0 Å². The molecule has 1 N–H and O–H groups in total. The fourth-order valence-electron chi connectivity index (χ4n) is 2.16. The molecule has 102 valence electrons. The molecule has 4 nitrogen and oxygen atoms in total. The molecule has 0 spiro atoms. The Kier molecular flexibility index (Phi) is 6.22. The van der Waals surface area contributed by atoms with Crippen LogP contribution in [-0.4, -0.2) is 40.0 Å². The van der Waals surface area contributed by atoms with Gasteiger partial charge in [-0.15, -0.1) is 0 Å². The summed E-state index contributed by atoms with van der Waals surface area (Å²) in [5.74, 6) is 0. The first-order valence-corrected chi connectivity index (χ1v) is 6.77. The molecular formula is C14H26N4. The zero-order chi connectivity index (χ0) is 13.5. The van der Waals surface area contributed by atoms with Crippen LogP contribution in [0.1, 0.15) is 46.4 Å². The van der Waals surface area contributed by atoms with Crippen molar-refractivity contribution in [2.45, 2.75) is 52.7 Å². The number of aromatic nitrogens is 2. The number of nitrogens with one attached hydrogen (secondary N) is 1. The third-order valence-electron chi connectivity index (χ3n) is 3.17. The van der Waals surface area contributed by atoms with Crippen LogP contribution in [0.5, 0.6) is 0 Å². The van der Waals surface area contributed by atoms with Crippen molar-refractivity contribution in [3.8, 4) is 0 Å². The van der Waals surface area contributed by atoms with Gasteiger partial charge in [0, 0.05) is 49.8 Å². The third kappa shape index (κ3) is 4.70. The molecule has 0 aliphatic rings. The fraction of sp³-hybridized carbons (Fsp3) is 0.714. The average molecular weight is 250 g/mol. The summed E-state index contributed by atoms with van der Waals surface area (Å²) in [6.07, 6.45) is 5.26. The highest BCUT2D eigenvalue weighted by Crippen LogP contribution is 2.07. The summed E-state index contributed by atoms with van der Waals surface area (Å²) < 4.78 is 0. The van der Waals surface area contributed by atoms with E-state index in [0.29, 0.717) is 12.1 Å². The van der Waals surface area contributed by atoms with Crippen LogP contribution in [0.25, 0.3) is 0 Å². The van der Waals surface area contributed by atoms with E-state index in [1.165, 1.54) is 0 Å². The molecular weight excluding hydrogens is 224 g/mol. The second kappa shape index (κ2) is 7.44. The predicted octanol–water partition coefficient (Wildman–Crippen LogP) is 2.25. The Morgan fingerprint density at radius 3 is 2.28 bits per heavy atom. The zero-order valence-electron chi connectivity index (χ0n) is 12.2. The molecule has 4 heteroatoms. The summed E-state index contributed by atoms with van der Waals surface area (Å²) in [7, 11) is 0. The summed E-state index contributed by atoms with van der Waals surface area (Å²) in [4.78, 5) is 10.9. The molecule has 1 aromatic rings. The first-order chi connectivity index (χ1) is 8.52. The molecule has 0 saturated heterocycles. The number of nitrogens with zero attached hydrogens (tertiary/aromatic N) is 3. The molecule has 0 radical (unpaired) electrons. The number of rotatable bonds is 7. The first kappa shape index (κ1) is 15.1. The Morgan fingerprint density at radius 2 is 1.78 bits per heavy atom. The molecule has 0 saturated carbocycles. The smallest absolute Gasteiger partial charge is 0.0753 e. The Hall–Kier alpha value is -1.00. The van der Waals surface area contributed by atoms with E-state index in [9.17, 15) is 0 Å². The lowest BCUT2D eigenvalue weighted by molar-refractivity contribution is 0.174. The molecule has 0 aliphatic carbocycles. The fourth-order valence-corrected chi connectivity index (χ4v) is 2.16. The van der Waals surface area contributed by atoms with Gasteiger partial charge in [0.05, 0.1) is 5.69 Å². The van der Waals surface area contributed by atoms with Crippen molar-refractivity contribution in [3.05, 3.63) is 24.3 Å². The highest BCUT2D eigenvalue weighted by atomic mass is 15.2. The van der Waals surface area contributed by atoms with E-state index in [1.807, 2.05) is 6.20 Å². The van der Waals surface area contributed by atoms with Crippen LogP contribution in [0.15, 0.2) is 18.6 Å². The summed E-state index contributed by atoms with van der Waals surface area (Å²) in [6, 6.07) is 1.41. The Labute approximate surface area is 111 Å². The van der Waals surface area contributed by atoms with E-state index in [4.69, 9.17) is 0 Å². The lowest BCUT2D eigenvalue weighted by Gasteiger charge is -2.31. The SMILES string of the molecule is CC(NCCN(C(C)C)C(C)C)c1cnccn1. The Bertz CT molecular complexity index is 316. The molecule has 1 aromatic heterocycles. The Balaban J connectivity index is 2.37. The molecule has 1 heterocycles. The molecule has 0 aliphatic heterocycles. The van der Waals surface area contributed by atoms with E-state index >= 15 is 0 Å². The van der Waals surface area contributed by atoms with Crippen molar-refractivity contribution in [1.82, 2.24) is 20.2 Å². The third-order valence-corrected chi connectivity index (χ3v) is 3.17. The van der Waals surface area contributed by atoms with Gasteiger partial charge < -0.3 is 5.32 Å². The van der Waals surface area contributed by atoms with E-state index < -0.39 is 0 Å². The maximum atomic E-state index is 4.31. The largest absolute Gasteiger partial charge is 0.308 e. The van der Waals surface area contributed by atoms with E-state index in [-0.39, 0.29) is 6.04 Å². The standard InChI is InChI=1S/C14H26N4/c1-11(2)18(12(3)4)9-8-16-13(5)14-10-15-6-7-17-14/h6-7,10-13,16H,8-9H2,1-5H3. The van der Waals surface area contributed by atoms with Crippen molar-refractivity contribution in [2.75, 3.05) is 13.1 Å². The minimum atomic E-state index is 0.250. The van der Waals surface area contributed by atoms with Crippen molar-refractivity contribution >= 4 is 0 Å². The monoisotopic (exact) mass is 250 g/mol. The molecule has 0 amide bonds. The van der Waals surface area contributed by atoms with Gasteiger partial charge in [-0.25, -0.2) is 0 Å². The first-order valence-electron chi connectivity index (χ1n) is 6.77. The van der Waals surface area contributed by atoms with Crippen molar-refractivity contribution < 1.29 is 0 Å². The molecule has 0 fully saturated rings. The van der Waals surface area contributed by atoms with Crippen molar-refractivity contribution in [3.63, 3.8) is 0 Å². The van der Waals surface area contributed by atoms with Crippen LogP contribution in [0.4, 0.5) is 0 Å². The van der Waals surface area contributed by atoms with E-state index in [0.717, 1.165) is 18.8 Å². The van der Waals surface area contributed by atoms with E-state index in [1.54, 1.807) is 12.4 Å². The highest BCUT2D eigenvalue weighted by molar-refractivity contribution is 5.00. The van der Waals surface area contributed by atoms with Gasteiger partial charge in [-0.1, -0.05) is 0 Å². The van der Waals surface area contributed by atoms with Gasteiger partial charge >= 0.3 is 0 Å². The second-order valence-electron chi connectivity index (χ2n) is 5.23. The summed E-state index contributed by atoms with van der Waals surface area (Å²) in [6.45, 7) is 13.1. The zero-order valence-corrected chi connectivity index (χ0v) is 12.2. The van der Waals surface area contributed by atoms with Crippen LogP contribution < -0.4 is 5.32 Å².